The minimum absolute atomic E-state index is 0.135. The molecular weight excluding hydrogens is 260 g/mol. The van der Waals surface area contributed by atoms with Gasteiger partial charge in [0.05, 0.1) is 18.1 Å². The summed E-state index contributed by atoms with van der Waals surface area (Å²) in [6.45, 7) is 0.0497. The van der Waals surface area contributed by atoms with Gasteiger partial charge in [0.1, 0.15) is 0 Å². The molecule has 1 amide bonds. The quantitative estimate of drug-likeness (QED) is 0.548. The van der Waals surface area contributed by atoms with Crippen LogP contribution < -0.4 is 5.73 Å². The van der Waals surface area contributed by atoms with Gasteiger partial charge in [-0.2, -0.15) is 0 Å². The summed E-state index contributed by atoms with van der Waals surface area (Å²) in [5.74, 6) is -2.02. The van der Waals surface area contributed by atoms with Crippen molar-refractivity contribution in [2.75, 3.05) is 24.6 Å². The van der Waals surface area contributed by atoms with Crippen molar-refractivity contribution >= 4 is 21.7 Å². The van der Waals surface area contributed by atoms with Crippen molar-refractivity contribution in [1.29, 1.82) is 0 Å². The zero-order valence-corrected chi connectivity index (χ0v) is 10.9. The lowest BCUT2D eigenvalue weighted by Crippen LogP contribution is -2.36. The van der Waals surface area contributed by atoms with Crippen LogP contribution in [0.4, 0.5) is 0 Å². The number of carboxylic acids is 1. The Morgan fingerprint density at radius 3 is 2.33 bits per heavy atom. The van der Waals surface area contributed by atoms with E-state index in [9.17, 15) is 18.0 Å². The SMILES string of the molecule is NC(=O)CCS(=O)(=O)CCN(CC(=O)O)C1CC1. The Kier molecular flexibility index (Phi) is 5.09. The monoisotopic (exact) mass is 278 g/mol. The van der Waals surface area contributed by atoms with Crippen molar-refractivity contribution in [3.8, 4) is 0 Å². The van der Waals surface area contributed by atoms with Crippen molar-refractivity contribution in [1.82, 2.24) is 4.90 Å². The normalized spacial score (nSPS) is 15.8. The molecular formula is C10H18N2O5S. The number of carbonyl (C=O) groups excluding carboxylic acids is 1. The van der Waals surface area contributed by atoms with Crippen LogP contribution in [-0.2, 0) is 19.4 Å². The zero-order valence-electron chi connectivity index (χ0n) is 10.0. The van der Waals surface area contributed by atoms with Crippen LogP contribution >= 0.6 is 0 Å². The molecule has 0 bridgehead atoms. The van der Waals surface area contributed by atoms with Gasteiger partial charge in [0.15, 0.2) is 9.84 Å². The first kappa shape index (κ1) is 14.9. The largest absolute Gasteiger partial charge is 0.480 e. The van der Waals surface area contributed by atoms with Crippen molar-refractivity contribution in [2.24, 2.45) is 5.73 Å². The predicted molar refractivity (Wildman–Crippen MR) is 64.7 cm³/mol. The van der Waals surface area contributed by atoms with E-state index in [-0.39, 0.29) is 37.1 Å². The Hall–Kier alpha value is -1.15. The van der Waals surface area contributed by atoms with E-state index in [0.29, 0.717) is 0 Å². The number of hydrogen-bond acceptors (Lipinski definition) is 5. The maximum atomic E-state index is 11.6. The topological polar surface area (TPSA) is 118 Å². The number of carboxylic acid groups (broad SMARTS) is 1. The Labute approximate surface area is 106 Å². The lowest BCUT2D eigenvalue weighted by atomic mass is 10.4. The molecule has 0 radical (unpaired) electrons. The Morgan fingerprint density at radius 1 is 1.28 bits per heavy atom. The number of primary amides is 1. The molecule has 0 unspecified atom stereocenters. The fourth-order valence-corrected chi connectivity index (χ4v) is 2.85. The highest BCUT2D eigenvalue weighted by Crippen LogP contribution is 2.26. The van der Waals surface area contributed by atoms with Crippen LogP contribution in [0.5, 0.6) is 0 Å². The van der Waals surface area contributed by atoms with Gasteiger partial charge in [0.2, 0.25) is 5.91 Å². The van der Waals surface area contributed by atoms with Crippen molar-refractivity contribution < 1.29 is 23.1 Å². The number of nitrogens with zero attached hydrogens (tertiary/aromatic N) is 1. The maximum Gasteiger partial charge on any atom is 0.317 e. The Morgan fingerprint density at radius 2 is 1.89 bits per heavy atom. The molecule has 1 saturated carbocycles. The number of aliphatic carboxylic acids is 1. The van der Waals surface area contributed by atoms with E-state index >= 15 is 0 Å². The number of rotatable bonds is 9. The Balaban J connectivity index is 2.40. The summed E-state index contributed by atoms with van der Waals surface area (Å²) in [4.78, 5) is 22.8. The highest BCUT2D eigenvalue weighted by atomic mass is 32.2. The van der Waals surface area contributed by atoms with Crippen molar-refractivity contribution in [3.05, 3.63) is 0 Å². The first-order valence-corrected chi connectivity index (χ1v) is 7.57. The van der Waals surface area contributed by atoms with Crippen molar-refractivity contribution in [2.45, 2.75) is 25.3 Å². The third-order valence-electron chi connectivity index (χ3n) is 2.75. The predicted octanol–water partition coefficient (Wildman–Crippen LogP) is -1.17. The number of nitrogens with two attached hydrogens (primary N) is 1. The molecule has 0 saturated heterocycles. The highest BCUT2D eigenvalue weighted by molar-refractivity contribution is 7.91. The van der Waals surface area contributed by atoms with E-state index in [1.165, 1.54) is 0 Å². The fraction of sp³-hybridized carbons (Fsp3) is 0.800. The summed E-state index contributed by atoms with van der Waals surface area (Å²) in [5, 5.41) is 8.71. The van der Waals surface area contributed by atoms with Gasteiger partial charge >= 0.3 is 5.97 Å². The van der Waals surface area contributed by atoms with Crippen LogP contribution in [0.1, 0.15) is 19.3 Å². The van der Waals surface area contributed by atoms with E-state index < -0.39 is 21.7 Å². The minimum atomic E-state index is -3.35. The van der Waals surface area contributed by atoms with Gasteiger partial charge in [-0.15, -0.1) is 0 Å². The van der Waals surface area contributed by atoms with E-state index in [2.05, 4.69) is 0 Å². The maximum absolute atomic E-state index is 11.6. The number of hydrogen-bond donors (Lipinski definition) is 2. The molecule has 3 N–H and O–H groups in total. The molecule has 1 aliphatic carbocycles. The average molecular weight is 278 g/mol. The van der Waals surface area contributed by atoms with Gasteiger partial charge in [-0.1, -0.05) is 0 Å². The van der Waals surface area contributed by atoms with Gasteiger partial charge in [-0.05, 0) is 12.8 Å². The van der Waals surface area contributed by atoms with E-state index in [1.54, 1.807) is 4.90 Å². The molecule has 1 rings (SSSR count). The van der Waals surface area contributed by atoms with Crippen molar-refractivity contribution in [3.63, 3.8) is 0 Å². The summed E-state index contributed by atoms with van der Waals surface area (Å²) >= 11 is 0. The first-order valence-electron chi connectivity index (χ1n) is 5.75. The second kappa shape index (κ2) is 6.14. The third kappa shape index (κ3) is 5.97. The second-order valence-corrected chi connectivity index (χ2v) is 6.77. The van der Waals surface area contributed by atoms with E-state index in [1.807, 2.05) is 0 Å². The molecule has 8 heteroatoms. The molecule has 0 aromatic heterocycles. The molecule has 1 aliphatic rings. The van der Waals surface area contributed by atoms with Gasteiger partial charge in [0, 0.05) is 19.0 Å². The lowest BCUT2D eigenvalue weighted by molar-refractivity contribution is -0.138. The standard InChI is InChI=1S/C10H18N2O5S/c11-9(13)3-5-18(16,17)6-4-12(7-10(14)15)8-1-2-8/h8H,1-7H2,(H2,11,13)(H,14,15). The summed E-state index contributed by atoms with van der Waals surface area (Å²) in [6.07, 6.45) is 1.63. The summed E-state index contributed by atoms with van der Waals surface area (Å²) in [6, 6.07) is 0.187. The second-order valence-electron chi connectivity index (χ2n) is 4.46. The molecule has 0 spiro atoms. The summed E-state index contributed by atoms with van der Waals surface area (Å²) in [5.41, 5.74) is 4.89. The molecule has 104 valence electrons. The number of carbonyl (C=O) groups is 2. The molecule has 0 aromatic rings. The van der Waals surface area contributed by atoms with Gasteiger partial charge in [-0.3, -0.25) is 14.5 Å². The van der Waals surface area contributed by atoms with Crippen LogP contribution in [0.2, 0.25) is 0 Å². The number of amides is 1. The summed E-state index contributed by atoms with van der Waals surface area (Å²) in [7, 11) is -3.35. The fourth-order valence-electron chi connectivity index (χ4n) is 1.62. The van der Waals surface area contributed by atoms with Crippen LogP contribution in [0.25, 0.3) is 0 Å². The van der Waals surface area contributed by atoms with Crippen LogP contribution in [-0.4, -0.2) is 60.9 Å². The van der Waals surface area contributed by atoms with E-state index in [0.717, 1.165) is 12.8 Å². The molecule has 18 heavy (non-hydrogen) atoms. The molecule has 0 atom stereocenters. The Bertz CT molecular complexity index is 416. The zero-order chi connectivity index (χ0) is 13.8. The van der Waals surface area contributed by atoms with Crippen LogP contribution in [0.15, 0.2) is 0 Å². The highest BCUT2D eigenvalue weighted by Gasteiger charge is 2.30. The van der Waals surface area contributed by atoms with Crippen LogP contribution in [0.3, 0.4) is 0 Å². The lowest BCUT2D eigenvalue weighted by Gasteiger charge is -2.19. The first-order chi connectivity index (χ1) is 8.30. The van der Waals surface area contributed by atoms with Gasteiger partial charge in [0.25, 0.3) is 0 Å². The number of sulfone groups is 1. The summed E-state index contributed by atoms with van der Waals surface area (Å²) < 4.78 is 23.2. The van der Waals surface area contributed by atoms with Crippen LogP contribution in [0, 0.1) is 0 Å². The molecule has 1 fully saturated rings. The molecule has 0 aliphatic heterocycles. The van der Waals surface area contributed by atoms with Gasteiger partial charge < -0.3 is 10.8 Å². The smallest absolute Gasteiger partial charge is 0.317 e. The molecule has 7 nitrogen and oxygen atoms in total. The van der Waals surface area contributed by atoms with E-state index in [4.69, 9.17) is 10.8 Å². The minimum Gasteiger partial charge on any atom is -0.480 e. The third-order valence-corrected chi connectivity index (χ3v) is 4.38. The van der Waals surface area contributed by atoms with Gasteiger partial charge in [-0.25, -0.2) is 8.42 Å². The average Bonchev–Trinajstić information content (AvgIpc) is 3.05. The molecule has 0 heterocycles. The molecule has 0 aromatic carbocycles.